The molecule has 0 bridgehead atoms. The molecule has 2 N–H and O–H groups in total. The number of hydrogen-bond donors (Lipinski definition) is 2. The third-order valence-electron chi connectivity index (χ3n) is 5.15. The van der Waals surface area contributed by atoms with E-state index in [1.54, 1.807) is 26.0 Å². The molecule has 2 aromatic carbocycles. The number of aromatic hydroxyl groups is 1. The van der Waals surface area contributed by atoms with Crippen LogP contribution >= 0.6 is 19.2 Å². The van der Waals surface area contributed by atoms with Crippen LogP contribution in [0.2, 0.25) is 5.02 Å². The number of hydrogen-bond acceptors (Lipinski definition) is 5. The van der Waals surface area contributed by atoms with Gasteiger partial charge < -0.3 is 19.5 Å². The van der Waals surface area contributed by atoms with Gasteiger partial charge in [0.1, 0.15) is 5.75 Å². The minimum atomic E-state index is -3.61. The van der Waals surface area contributed by atoms with Crippen LogP contribution in [0.5, 0.6) is 5.75 Å². The maximum Gasteiger partial charge on any atom is 0.357 e. The summed E-state index contributed by atoms with van der Waals surface area (Å²) in [6, 6.07) is 11.0. The fourth-order valence-corrected chi connectivity index (χ4v) is 5.59. The van der Waals surface area contributed by atoms with Gasteiger partial charge in [-0.15, -0.1) is 0 Å². The summed E-state index contributed by atoms with van der Waals surface area (Å²) < 4.78 is 25.5. The molecule has 2 rings (SSSR count). The Labute approximate surface area is 198 Å². The highest BCUT2D eigenvalue weighted by atomic mass is 35.5. The Hall–Kier alpha value is -1.52. The van der Waals surface area contributed by atoms with E-state index in [1.165, 1.54) is 0 Å². The summed E-state index contributed by atoms with van der Waals surface area (Å²) in [4.78, 5) is 0. The number of halogens is 1. The van der Waals surface area contributed by atoms with E-state index < -0.39 is 13.4 Å². The predicted molar refractivity (Wildman–Crippen MR) is 134 cm³/mol. The van der Waals surface area contributed by atoms with Crippen molar-refractivity contribution in [2.45, 2.75) is 72.0 Å². The van der Waals surface area contributed by atoms with Gasteiger partial charge in [0.25, 0.3) is 0 Å². The summed E-state index contributed by atoms with van der Waals surface area (Å²) in [6.07, 6.45) is 0. The van der Waals surface area contributed by atoms with E-state index in [9.17, 15) is 9.67 Å². The molecule has 1 unspecified atom stereocenters. The maximum atomic E-state index is 14.0. The minimum absolute atomic E-state index is 0.242. The Balaban J connectivity index is 2.79. The zero-order valence-electron chi connectivity index (χ0n) is 20.5. The monoisotopic (exact) mass is 481 g/mol. The molecule has 0 heterocycles. The van der Waals surface area contributed by atoms with Crippen molar-refractivity contribution in [3.8, 4) is 5.75 Å². The van der Waals surface area contributed by atoms with Gasteiger partial charge >= 0.3 is 7.60 Å². The van der Waals surface area contributed by atoms with Crippen molar-refractivity contribution in [3.63, 3.8) is 0 Å². The standard InChI is InChI=1S/C25H37ClNO4P/c1-9-30-32(29,31-10-2)23(27-19-13-11-18(26)12-14-19)17-15-20(24(3,4)5)22(28)21(16-17)25(6,7)8/h11-16,23,27-28H,9-10H2,1-8H3. The largest absolute Gasteiger partial charge is 0.507 e. The van der Waals surface area contributed by atoms with Gasteiger partial charge in [-0.1, -0.05) is 53.1 Å². The lowest BCUT2D eigenvalue weighted by Crippen LogP contribution is -2.21. The topological polar surface area (TPSA) is 67.8 Å². The second kappa shape index (κ2) is 10.2. The molecule has 32 heavy (non-hydrogen) atoms. The zero-order chi connectivity index (χ0) is 24.3. The number of phenolic OH excluding ortho intramolecular Hbond substituents is 1. The molecule has 0 amide bonds. The van der Waals surface area contributed by atoms with Crippen molar-refractivity contribution in [1.82, 2.24) is 0 Å². The van der Waals surface area contributed by atoms with E-state index >= 15 is 0 Å². The van der Waals surface area contributed by atoms with Gasteiger partial charge in [0.05, 0.1) is 13.2 Å². The van der Waals surface area contributed by atoms with Gasteiger partial charge in [-0.25, -0.2) is 0 Å². The van der Waals surface area contributed by atoms with Crippen LogP contribution in [0.4, 0.5) is 5.69 Å². The van der Waals surface area contributed by atoms with Gasteiger partial charge in [0, 0.05) is 10.7 Å². The third kappa shape index (κ3) is 6.29. The number of rotatable bonds is 8. The van der Waals surface area contributed by atoms with Gasteiger partial charge in [-0.3, -0.25) is 4.57 Å². The van der Waals surface area contributed by atoms with Gasteiger partial charge in [0.15, 0.2) is 5.78 Å². The van der Waals surface area contributed by atoms with E-state index in [4.69, 9.17) is 20.6 Å². The lowest BCUT2D eigenvalue weighted by molar-refractivity contribution is 0.214. The maximum absolute atomic E-state index is 14.0. The zero-order valence-corrected chi connectivity index (χ0v) is 22.1. The SMILES string of the molecule is CCOP(=O)(OCC)C(Nc1ccc(Cl)cc1)c1cc(C(C)(C)C)c(O)c(C(C)(C)C)c1. The lowest BCUT2D eigenvalue weighted by atomic mass is 9.78. The minimum Gasteiger partial charge on any atom is -0.507 e. The first-order valence-electron chi connectivity index (χ1n) is 11.0. The van der Waals surface area contributed by atoms with Crippen molar-refractivity contribution in [2.24, 2.45) is 0 Å². The first-order chi connectivity index (χ1) is 14.7. The molecule has 0 aliphatic carbocycles. The van der Waals surface area contributed by atoms with Crippen molar-refractivity contribution < 1.29 is 18.7 Å². The van der Waals surface area contributed by atoms with Crippen molar-refractivity contribution in [3.05, 3.63) is 58.1 Å². The molecule has 7 heteroatoms. The van der Waals surface area contributed by atoms with Crippen molar-refractivity contribution >= 4 is 24.9 Å². The molecule has 0 spiro atoms. The smallest absolute Gasteiger partial charge is 0.357 e. The number of phenols is 1. The van der Waals surface area contributed by atoms with E-state index in [1.807, 2.05) is 65.8 Å². The highest BCUT2D eigenvalue weighted by Crippen LogP contribution is 2.61. The summed E-state index contributed by atoms with van der Waals surface area (Å²) in [7, 11) is -3.61. The van der Waals surface area contributed by atoms with Gasteiger partial charge in [-0.05, 0) is 77.8 Å². The van der Waals surface area contributed by atoms with Gasteiger partial charge in [0.2, 0.25) is 0 Å². The molecule has 0 saturated carbocycles. The first-order valence-corrected chi connectivity index (χ1v) is 13.0. The van der Waals surface area contributed by atoms with Crippen molar-refractivity contribution in [2.75, 3.05) is 18.5 Å². The highest BCUT2D eigenvalue weighted by molar-refractivity contribution is 7.54. The number of anilines is 1. The lowest BCUT2D eigenvalue weighted by Gasteiger charge is -2.32. The fraction of sp³-hybridized carbons (Fsp3) is 0.520. The molecular weight excluding hydrogens is 445 g/mol. The Morgan fingerprint density at radius 1 is 0.938 bits per heavy atom. The molecule has 1 atom stereocenters. The average Bonchev–Trinajstić information content (AvgIpc) is 2.66. The van der Waals surface area contributed by atoms with Crippen LogP contribution in [0.3, 0.4) is 0 Å². The Morgan fingerprint density at radius 3 is 1.75 bits per heavy atom. The Bertz CT molecular complexity index is 916. The molecule has 0 fully saturated rings. The first kappa shape index (κ1) is 26.7. The number of nitrogens with one attached hydrogen (secondary N) is 1. The van der Waals surface area contributed by atoms with Crippen LogP contribution in [0, 0.1) is 0 Å². The number of benzene rings is 2. The molecular formula is C25H37ClNO4P. The predicted octanol–water partition coefficient (Wildman–Crippen LogP) is 8.02. The second-order valence-corrected chi connectivity index (χ2v) is 12.4. The molecule has 5 nitrogen and oxygen atoms in total. The Morgan fingerprint density at radius 2 is 1.38 bits per heavy atom. The molecule has 0 aliphatic rings. The highest BCUT2D eigenvalue weighted by Gasteiger charge is 2.39. The van der Waals surface area contributed by atoms with E-state index in [-0.39, 0.29) is 29.8 Å². The molecule has 0 radical (unpaired) electrons. The third-order valence-corrected chi connectivity index (χ3v) is 7.69. The van der Waals surface area contributed by atoms with Gasteiger partial charge in [-0.2, -0.15) is 0 Å². The molecule has 0 aromatic heterocycles. The van der Waals surface area contributed by atoms with Crippen molar-refractivity contribution in [1.29, 1.82) is 0 Å². The average molecular weight is 482 g/mol. The summed E-state index contributed by atoms with van der Waals surface area (Å²) >= 11 is 6.05. The van der Waals surface area contributed by atoms with Crippen LogP contribution < -0.4 is 5.32 Å². The van der Waals surface area contributed by atoms with Crippen LogP contribution in [0.15, 0.2) is 36.4 Å². The normalized spacial score (nSPS) is 13.8. The summed E-state index contributed by atoms with van der Waals surface area (Å²) in [5.74, 6) is -0.506. The van der Waals surface area contributed by atoms with E-state index in [2.05, 4.69) is 5.32 Å². The molecule has 178 valence electrons. The molecule has 2 aromatic rings. The summed E-state index contributed by atoms with van der Waals surface area (Å²) in [5, 5.41) is 15.1. The molecule has 0 saturated heterocycles. The van der Waals surface area contributed by atoms with Crippen LogP contribution in [-0.2, 0) is 24.4 Å². The van der Waals surface area contributed by atoms with Crippen LogP contribution in [-0.4, -0.2) is 18.3 Å². The quantitative estimate of drug-likeness (QED) is 0.373. The van der Waals surface area contributed by atoms with E-state index in [0.717, 1.165) is 22.4 Å². The van der Waals surface area contributed by atoms with Crippen LogP contribution in [0.1, 0.15) is 77.9 Å². The summed E-state index contributed by atoms with van der Waals surface area (Å²) in [5.41, 5.74) is 2.38. The fourth-order valence-electron chi connectivity index (χ4n) is 3.55. The Kier molecular flexibility index (Phi) is 8.50. The molecule has 0 aliphatic heterocycles. The second-order valence-electron chi connectivity index (χ2n) is 9.89. The van der Waals surface area contributed by atoms with Crippen LogP contribution in [0.25, 0.3) is 0 Å². The summed E-state index contributed by atoms with van der Waals surface area (Å²) in [6.45, 7) is 16.4. The van der Waals surface area contributed by atoms with E-state index in [0.29, 0.717) is 5.02 Å².